The van der Waals surface area contributed by atoms with E-state index in [1.54, 1.807) is 6.20 Å². The van der Waals surface area contributed by atoms with Gasteiger partial charge < -0.3 is 4.90 Å². The maximum atomic E-state index is 5.28. The molecular formula is C10H19N5. The van der Waals surface area contributed by atoms with Gasteiger partial charge in [-0.2, -0.15) is 4.98 Å². The summed E-state index contributed by atoms with van der Waals surface area (Å²) in [4.78, 5) is 10.5. The number of hydrogen-bond donors (Lipinski definition) is 2. The van der Waals surface area contributed by atoms with Gasteiger partial charge in [0, 0.05) is 25.4 Å². The van der Waals surface area contributed by atoms with Gasteiger partial charge in [-0.1, -0.05) is 13.8 Å². The van der Waals surface area contributed by atoms with Crippen molar-refractivity contribution in [2.45, 2.75) is 20.8 Å². The molecule has 0 spiro atoms. The van der Waals surface area contributed by atoms with Crippen LogP contribution in [0, 0.1) is 12.8 Å². The summed E-state index contributed by atoms with van der Waals surface area (Å²) < 4.78 is 0. The molecule has 0 saturated heterocycles. The number of anilines is 2. The minimum atomic E-state index is 0.450. The van der Waals surface area contributed by atoms with E-state index in [0.29, 0.717) is 11.9 Å². The molecule has 3 N–H and O–H groups in total. The quantitative estimate of drug-likeness (QED) is 0.575. The molecule has 15 heavy (non-hydrogen) atoms. The van der Waals surface area contributed by atoms with Crippen LogP contribution < -0.4 is 16.2 Å². The lowest BCUT2D eigenvalue weighted by atomic mass is 10.2. The number of rotatable bonds is 4. The van der Waals surface area contributed by atoms with Crippen molar-refractivity contribution in [2.24, 2.45) is 11.8 Å². The summed E-state index contributed by atoms with van der Waals surface area (Å²) in [6, 6.07) is 0. The molecule has 0 aromatic carbocycles. The first kappa shape index (κ1) is 11.7. The predicted molar refractivity (Wildman–Crippen MR) is 62.7 cm³/mol. The molecule has 0 aliphatic carbocycles. The third kappa shape index (κ3) is 3.06. The highest BCUT2D eigenvalue weighted by Gasteiger charge is 2.09. The molecular weight excluding hydrogens is 190 g/mol. The topological polar surface area (TPSA) is 67.1 Å². The number of nitrogens with two attached hydrogens (primary N) is 1. The maximum absolute atomic E-state index is 5.28. The highest BCUT2D eigenvalue weighted by molar-refractivity contribution is 5.47. The SMILES string of the molecule is Cc1cnc(NN)nc1N(C)CC(C)C. The van der Waals surface area contributed by atoms with Crippen LogP contribution in [0.3, 0.4) is 0 Å². The van der Waals surface area contributed by atoms with E-state index in [1.807, 2.05) is 14.0 Å². The van der Waals surface area contributed by atoms with Crippen molar-refractivity contribution in [3.63, 3.8) is 0 Å². The van der Waals surface area contributed by atoms with Crippen LogP contribution in [0.2, 0.25) is 0 Å². The molecule has 0 aliphatic rings. The fourth-order valence-electron chi connectivity index (χ4n) is 1.52. The average Bonchev–Trinajstić information content (AvgIpc) is 2.17. The van der Waals surface area contributed by atoms with Crippen LogP contribution in [0.1, 0.15) is 19.4 Å². The Labute approximate surface area is 90.7 Å². The van der Waals surface area contributed by atoms with Crippen molar-refractivity contribution in [3.05, 3.63) is 11.8 Å². The zero-order chi connectivity index (χ0) is 11.4. The second kappa shape index (κ2) is 4.93. The summed E-state index contributed by atoms with van der Waals surface area (Å²) in [5.74, 6) is 7.25. The van der Waals surface area contributed by atoms with Crippen molar-refractivity contribution >= 4 is 11.8 Å². The zero-order valence-electron chi connectivity index (χ0n) is 9.78. The maximum Gasteiger partial charge on any atom is 0.239 e. The van der Waals surface area contributed by atoms with Gasteiger partial charge in [0.15, 0.2) is 0 Å². The van der Waals surface area contributed by atoms with Gasteiger partial charge >= 0.3 is 0 Å². The number of nitrogens with zero attached hydrogens (tertiary/aromatic N) is 3. The second-order valence-electron chi connectivity index (χ2n) is 4.12. The van der Waals surface area contributed by atoms with Crippen LogP contribution >= 0.6 is 0 Å². The molecule has 5 nitrogen and oxygen atoms in total. The molecule has 0 amide bonds. The molecule has 84 valence electrons. The van der Waals surface area contributed by atoms with Gasteiger partial charge in [-0.3, -0.25) is 5.43 Å². The Kier molecular flexibility index (Phi) is 3.85. The van der Waals surface area contributed by atoms with Gasteiger partial charge in [0.2, 0.25) is 5.95 Å². The van der Waals surface area contributed by atoms with E-state index in [4.69, 9.17) is 5.84 Å². The van der Waals surface area contributed by atoms with E-state index in [2.05, 4.69) is 34.1 Å². The van der Waals surface area contributed by atoms with Crippen molar-refractivity contribution < 1.29 is 0 Å². The summed E-state index contributed by atoms with van der Waals surface area (Å²) in [7, 11) is 2.02. The second-order valence-corrected chi connectivity index (χ2v) is 4.12. The summed E-state index contributed by atoms with van der Waals surface area (Å²) in [5, 5.41) is 0. The zero-order valence-corrected chi connectivity index (χ0v) is 9.78. The molecule has 5 heteroatoms. The lowest BCUT2D eigenvalue weighted by Gasteiger charge is -2.22. The van der Waals surface area contributed by atoms with Gasteiger partial charge in [-0.05, 0) is 12.8 Å². The summed E-state index contributed by atoms with van der Waals surface area (Å²) in [5.41, 5.74) is 3.51. The molecule has 0 unspecified atom stereocenters. The van der Waals surface area contributed by atoms with Crippen LogP contribution in [-0.4, -0.2) is 23.6 Å². The highest BCUT2D eigenvalue weighted by atomic mass is 15.3. The van der Waals surface area contributed by atoms with Crippen molar-refractivity contribution in [1.82, 2.24) is 9.97 Å². The summed E-state index contributed by atoms with van der Waals surface area (Å²) in [6.45, 7) is 7.30. The number of aromatic nitrogens is 2. The molecule has 0 bridgehead atoms. The Bertz CT molecular complexity index is 324. The largest absolute Gasteiger partial charge is 0.359 e. The van der Waals surface area contributed by atoms with E-state index in [0.717, 1.165) is 17.9 Å². The van der Waals surface area contributed by atoms with E-state index >= 15 is 0 Å². The molecule has 0 fully saturated rings. The van der Waals surface area contributed by atoms with Crippen molar-refractivity contribution in [1.29, 1.82) is 0 Å². The van der Waals surface area contributed by atoms with Crippen LogP contribution in [0.15, 0.2) is 6.20 Å². The Morgan fingerprint density at radius 2 is 2.20 bits per heavy atom. The van der Waals surface area contributed by atoms with Gasteiger partial charge in [-0.15, -0.1) is 0 Å². The number of hydrogen-bond acceptors (Lipinski definition) is 5. The minimum absolute atomic E-state index is 0.450. The van der Waals surface area contributed by atoms with Crippen molar-refractivity contribution in [3.8, 4) is 0 Å². The predicted octanol–water partition coefficient (Wildman–Crippen LogP) is 1.16. The Balaban J connectivity index is 2.91. The standard InChI is InChI=1S/C10H19N5/c1-7(2)6-15(4)9-8(3)5-12-10(13-9)14-11/h5,7H,6,11H2,1-4H3,(H,12,13,14). The minimum Gasteiger partial charge on any atom is -0.359 e. The molecule has 0 saturated carbocycles. The molecule has 1 rings (SSSR count). The van der Waals surface area contributed by atoms with Crippen LogP contribution in [-0.2, 0) is 0 Å². The molecule has 0 atom stereocenters. The van der Waals surface area contributed by atoms with Gasteiger partial charge in [0.1, 0.15) is 5.82 Å². The Morgan fingerprint density at radius 3 is 2.73 bits per heavy atom. The molecule has 0 aliphatic heterocycles. The lowest BCUT2D eigenvalue weighted by molar-refractivity contribution is 0.633. The normalized spacial score (nSPS) is 10.5. The van der Waals surface area contributed by atoms with Crippen LogP contribution in [0.5, 0.6) is 0 Å². The number of nitrogens with one attached hydrogen (secondary N) is 1. The van der Waals surface area contributed by atoms with E-state index in [1.165, 1.54) is 0 Å². The monoisotopic (exact) mass is 209 g/mol. The van der Waals surface area contributed by atoms with E-state index in [-0.39, 0.29) is 0 Å². The lowest BCUT2D eigenvalue weighted by Crippen LogP contribution is -2.25. The van der Waals surface area contributed by atoms with Gasteiger partial charge in [0.05, 0.1) is 0 Å². The third-order valence-electron chi connectivity index (χ3n) is 2.07. The Morgan fingerprint density at radius 1 is 1.53 bits per heavy atom. The average molecular weight is 209 g/mol. The Hall–Kier alpha value is -1.36. The molecule has 0 radical (unpaired) electrons. The first-order valence-electron chi connectivity index (χ1n) is 5.06. The number of hydrazine groups is 1. The van der Waals surface area contributed by atoms with Gasteiger partial charge in [-0.25, -0.2) is 10.8 Å². The van der Waals surface area contributed by atoms with Gasteiger partial charge in [0.25, 0.3) is 0 Å². The van der Waals surface area contributed by atoms with E-state index < -0.39 is 0 Å². The highest BCUT2D eigenvalue weighted by Crippen LogP contribution is 2.17. The molecule has 1 aromatic rings. The number of aryl methyl sites for hydroxylation is 1. The van der Waals surface area contributed by atoms with Crippen LogP contribution in [0.4, 0.5) is 11.8 Å². The summed E-state index contributed by atoms with van der Waals surface area (Å²) >= 11 is 0. The van der Waals surface area contributed by atoms with Crippen LogP contribution in [0.25, 0.3) is 0 Å². The van der Waals surface area contributed by atoms with Crippen molar-refractivity contribution in [2.75, 3.05) is 23.9 Å². The molecule has 1 aromatic heterocycles. The molecule has 1 heterocycles. The summed E-state index contributed by atoms with van der Waals surface area (Å²) in [6.07, 6.45) is 1.77. The smallest absolute Gasteiger partial charge is 0.239 e. The fourth-order valence-corrected chi connectivity index (χ4v) is 1.52. The van der Waals surface area contributed by atoms with E-state index in [9.17, 15) is 0 Å². The first-order valence-corrected chi connectivity index (χ1v) is 5.06. The fraction of sp³-hybridized carbons (Fsp3) is 0.600. The first-order chi connectivity index (χ1) is 7.04. The third-order valence-corrected chi connectivity index (χ3v) is 2.07. The number of nitrogen functional groups attached to an aromatic ring is 1.